The van der Waals surface area contributed by atoms with E-state index in [0.717, 1.165) is 11.3 Å². The van der Waals surface area contributed by atoms with Crippen LogP contribution in [0.25, 0.3) is 0 Å². The highest BCUT2D eigenvalue weighted by Crippen LogP contribution is 2.25. The van der Waals surface area contributed by atoms with Gasteiger partial charge in [0.2, 0.25) is 0 Å². The Morgan fingerprint density at radius 2 is 1.76 bits per heavy atom. The summed E-state index contributed by atoms with van der Waals surface area (Å²) in [6, 6.07) is 11.2. The summed E-state index contributed by atoms with van der Waals surface area (Å²) >= 11 is 0. The molecule has 21 heavy (non-hydrogen) atoms. The van der Waals surface area contributed by atoms with Crippen molar-refractivity contribution in [1.82, 2.24) is 0 Å². The second-order valence-electron chi connectivity index (χ2n) is 5.40. The summed E-state index contributed by atoms with van der Waals surface area (Å²) in [6.45, 7) is 2.44. The molecule has 2 N–H and O–H groups in total. The fourth-order valence-electron chi connectivity index (χ4n) is 2.38. The van der Waals surface area contributed by atoms with E-state index in [4.69, 9.17) is 5.73 Å². The Hall–Kier alpha value is -1.94. The molecule has 2 aromatic carbocycles. The number of hydrogen-bond donors (Lipinski definition) is 1. The first-order chi connectivity index (χ1) is 9.97. The maximum Gasteiger partial charge on any atom is 0.128 e. The summed E-state index contributed by atoms with van der Waals surface area (Å²) in [4.78, 5) is 1.95. The van der Waals surface area contributed by atoms with Crippen molar-refractivity contribution in [1.29, 1.82) is 0 Å². The van der Waals surface area contributed by atoms with Crippen LogP contribution in [0.2, 0.25) is 0 Å². The van der Waals surface area contributed by atoms with Crippen LogP contribution in [0.15, 0.2) is 42.5 Å². The fraction of sp³-hybridized carbons (Fsp3) is 0.294. The zero-order valence-electron chi connectivity index (χ0n) is 12.3. The van der Waals surface area contributed by atoms with Crippen LogP contribution in [0, 0.1) is 11.6 Å². The molecule has 2 rings (SSSR count). The molecule has 0 bridgehead atoms. The van der Waals surface area contributed by atoms with E-state index in [1.807, 2.05) is 24.9 Å². The van der Waals surface area contributed by atoms with Gasteiger partial charge in [0, 0.05) is 30.9 Å². The van der Waals surface area contributed by atoms with Crippen LogP contribution in [-0.4, -0.2) is 13.1 Å². The quantitative estimate of drug-likeness (QED) is 0.913. The summed E-state index contributed by atoms with van der Waals surface area (Å²) < 4.78 is 27.0. The van der Waals surface area contributed by atoms with Crippen molar-refractivity contribution in [2.45, 2.75) is 25.9 Å². The molecular weight excluding hydrogens is 270 g/mol. The molecule has 112 valence electrons. The van der Waals surface area contributed by atoms with Crippen LogP contribution in [-0.2, 0) is 13.0 Å². The van der Waals surface area contributed by atoms with Crippen molar-refractivity contribution < 1.29 is 8.78 Å². The lowest BCUT2D eigenvalue weighted by atomic mass is 10.0. The van der Waals surface area contributed by atoms with Gasteiger partial charge in [0.25, 0.3) is 0 Å². The van der Waals surface area contributed by atoms with Crippen molar-refractivity contribution in [3.8, 4) is 0 Å². The van der Waals surface area contributed by atoms with Crippen molar-refractivity contribution in [3.63, 3.8) is 0 Å². The summed E-state index contributed by atoms with van der Waals surface area (Å²) in [7, 11) is 1.89. The molecule has 0 fully saturated rings. The molecular formula is C17H20F2N2. The third-order valence-corrected chi connectivity index (χ3v) is 3.36. The van der Waals surface area contributed by atoms with Crippen LogP contribution >= 0.6 is 0 Å². The van der Waals surface area contributed by atoms with E-state index in [1.165, 1.54) is 18.2 Å². The van der Waals surface area contributed by atoms with E-state index in [0.29, 0.717) is 18.5 Å². The maximum atomic E-state index is 14.0. The van der Waals surface area contributed by atoms with E-state index >= 15 is 0 Å². The maximum absolute atomic E-state index is 14.0. The summed E-state index contributed by atoms with van der Waals surface area (Å²) in [5, 5.41) is 0. The molecule has 0 heterocycles. The Bertz CT molecular complexity index is 594. The molecule has 1 unspecified atom stereocenters. The van der Waals surface area contributed by atoms with Gasteiger partial charge in [-0.3, -0.25) is 0 Å². The highest BCUT2D eigenvalue weighted by atomic mass is 19.1. The zero-order chi connectivity index (χ0) is 15.4. The van der Waals surface area contributed by atoms with Gasteiger partial charge in [-0.25, -0.2) is 8.78 Å². The molecule has 0 aliphatic carbocycles. The van der Waals surface area contributed by atoms with Crippen LogP contribution in [0.4, 0.5) is 14.5 Å². The highest BCUT2D eigenvalue weighted by Gasteiger charge is 2.13. The van der Waals surface area contributed by atoms with E-state index < -0.39 is 0 Å². The van der Waals surface area contributed by atoms with Gasteiger partial charge in [-0.2, -0.15) is 0 Å². The van der Waals surface area contributed by atoms with E-state index in [2.05, 4.69) is 0 Å². The smallest absolute Gasteiger partial charge is 0.128 e. The third kappa shape index (κ3) is 4.02. The first-order valence-corrected chi connectivity index (χ1v) is 6.96. The zero-order valence-corrected chi connectivity index (χ0v) is 12.3. The van der Waals surface area contributed by atoms with Gasteiger partial charge in [0.1, 0.15) is 11.6 Å². The number of hydrogen-bond acceptors (Lipinski definition) is 2. The summed E-state index contributed by atoms with van der Waals surface area (Å²) in [5.74, 6) is -0.499. The van der Waals surface area contributed by atoms with Crippen molar-refractivity contribution >= 4 is 5.69 Å². The first kappa shape index (κ1) is 15.4. The highest BCUT2D eigenvalue weighted by molar-refractivity contribution is 5.54. The second-order valence-corrected chi connectivity index (χ2v) is 5.40. The van der Waals surface area contributed by atoms with E-state index in [-0.39, 0.29) is 17.7 Å². The Labute approximate surface area is 124 Å². The van der Waals surface area contributed by atoms with Gasteiger partial charge < -0.3 is 10.6 Å². The van der Waals surface area contributed by atoms with Crippen LogP contribution in [0.3, 0.4) is 0 Å². The van der Waals surface area contributed by atoms with E-state index in [9.17, 15) is 8.78 Å². The van der Waals surface area contributed by atoms with Crippen molar-refractivity contribution in [2.24, 2.45) is 5.73 Å². The molecule has 2 aromatic rings. The lowest BCUT2D eigenvalue weighted by molar-refractivity contribution is 0.595. The van der Waals surface area contributed by atoms with Crippen LogP contribution in [0.5, 0.6) is 0 Å². The minimum absolute atomic E-state index is 0.111. The average molecular weight is 290 g/mol. The Morgan fingerprint density at radius 3 is 2.38 bits per heavy atom. The minimum atomic E-state index is -0.259. The molecule has 0 aliphatic heterocycles. The van der Waals surface area contributed by atoms with Crippen molar-refractivity contribution in [2.75, 3.05) is 11.9 Å². The van der Waals surface area contributed by atoms with Gasteiger partial charge in [-0.1, -0.05) is 18.2 Å². The van der Waals surface area contributed by atoms with Gasteiger partial charge in [-0.05, 0) is 43.2 Å². The van der Waals surface area contributed by atoms with Gasteiger partial charge >= 0.3 is 0 Å². The topological polar surface area (TPSA) is 29.3 Å². The van der Waals surface area contributed by atoms with Gasteiger partial charge in [-0.15, -0.1) is 0 Å². The third-order valence-electron chi connectivity index (χ3n) is 3.36. The molecule has 0 saturated heterocycles. The normalized spacial score (nSPS) is 12.2. The lowest BCUT2D eigenvalue weighted by Gasteiger charge is -2.23. The minimum Gasteiger partial charge on any atom is -0.370 e. The van der Waals surface area contributed by atoms with Crippen LogP contribution < -0.4 is 10.6 Å². The first-order valence-electron chi connectivity index (χ1n) is 6.96. The molecule has 0 radical (unpaired) electrons. The standard InChI is InChI=1S/C17H20F2N2/c1-12(20)10-15-16(19)4-3-5-17(15)21(2)11-13-6-8-14(18)9-7-13/h3-9,12H,10-11,20H2,1-2H3. The molecule has 0 aliphatic rings. The summed E-state index contributed by atoms with van der Waals surface area (Å²) in [5.41, 5.74) is 8.21. The largest absolute Gasteiger partial charge is 0.370 e. The van der Waals surface area contributed by atoms with Gasteiger partial charge in [0.15, 0.2) is 0 Å². The number of nitrogens with zero attached hydrogens (tertiary/aromatic N) is 1. The second kappa shape index (κ2) is 6.68. The van der Waals surface area contributed by atoms with Gasteiger partial charge in [0.05, 0.1) is 0 Å². The van der Waals surface area contributed by atoms with Crippen LogP contribution in [0.1, 0.15) is 18.1 Å². The predicted octanol–water partition coefficient (Wildman–Crippen LogP) is 3.49. The number of nitrogens with two attached hydrogens (primary N) is 1. The average Bonchev–Trinajstić information content (AvgIpc) is 2.43. The van der Waals surface area contributed by atoms with Crippen molar-refractivity contribution in [3.05, 3.63) is 65.2 Å². The predicted molar refractivity (Wildman–Crippen MR) is 82.3 cm³/mol. The number of anilines is 1. The lowest BCUT2D eigenvalue weighted by Crippen LogP contribution is -2.23. The molecule has 0 saturated carbocycles. The number of benzene rings is 2. The molecule has 0 aromatic heterocycles. The Morgan fingerprint density at radius 1 is 1.10 bits per heavy atom. The molecule has 4 heteroatoms. The molecule has 0 amide bonds. The molecule has 1 atom stereocenters. The van der Waals surface area contributed by atoms with E-state index in [1.54, 1.807) is 18.2 Å². The number of rotatable bonds is 5. The molecule has 2 nitrogen and oxygen atoms in total. The Kier molecular flexibility index (Phi) is 4.91. The Balaban J connectivity index is 2.24. The monoisotopic (exact) mass is 290 g/mol. The summed E-state index contributed by atoms with van der Waals surface area (Å²) in [6.07, 6.45) is 0.482. The number of halogens is 2. The molecule has 0 spiro atoms. The SMILES string of the molecule is CC(N)Cc1c(F)cccc1N(C)Cc1ccc(F)cc1. The fourth-order valence-corrected chi connectivity index (χ4v) is 2.38.